The molecule has 6 nitrogen and oxygen atoms in total. The maximum atomic E-state index is 11.7. The minimum Gasteiger partial charge on any atom is -0.328 e. The number of nitrogens with zero attached hydrogens (tertiary/aromatic N) is 4. The third-order valence-electron chi connectivity index (χ3n) is 2.32. The van der Waals surface area contributed by atoms with Crippen LogP contribution in [0.3, 0.4) is 0 Å². The van der Waals surface area contributed by atoms with Crippen molar-refractivity contribution in [1.29, 1.82) is 0 Å². The van der Waals surface area contributed by atoms with Crippen LogP contribution in [0.25, 0.3) is 11.2 Å². The third kappa shape index (κ3) is 1.87. The van der Waals surface area contributed by atoms with Gasteiger partial charge in [0.1, 0.15) is 0 Å². The van der Waals surface area contributed by atoms with Crippen molar-refractivity contribution in [2.24, 2.45) is 21.1 Å². The Bertz CT molecular complexity index is 627. The molecule has 2 heterocycles. The van der Waals surface area contributed by atoms with Crippen molar-refractivity contribution < 1.29 is 21.1 Å². The fourth-order valence-electron chi connectivity index (χ4n) is 1.47. The molecular formula is C8H11ClN4O2Pt. The van der Waals surface area contributed by atoms with Crippen molar-refractivity contribution in [2.75, 3.05) is 0 Å². The van der Waals surface area contributed by atoms with Crippen LogP contribution in [0, 0.1) is 0 Å². The molecule has 2 aromatic rings. The molecule has 0 aliphatic carbocycles. The molecule has 16 heavy (non-hydrogen) atoms. The van der Waals surface area contributed by atoms with Crippen molar-refractivity contribution >= 4 is 23.6 Å². The van der Waals surface area contributed by atoms with Crippen molar-refractivity contribution in [3.63, 3.8) is 0 Å². The van der Waals surface area contributed by atoms with Crippen LogP contribution in [0.2, 0.25) is 0 Å². The van der Waals surface area contributed by atoms with Gasteiger partial charge in [0, 0.05) is 42.2 Å². The molecule has 0 saturated heterocycles. The van der Waals surface area contributed by atoms with E-state index in [0.717, 1.165) is 4.57 Å². The molecule has 0 bridgehead atoms. The second-order valence-electron chi connectivity index (χ2n) is 3.23. The molecule has 2 rings (SSSR count). The van der Waals surface area contributed by atoms with E-state index in [2.05, 4.69) is 4.98 Å². The van der Waals surface area contributed by atoms with Crippen molar-refractivity contribution in [3.8, 4) is 0 Å². The fraction of sp³-hybridized carbons (Fsp3) is 0.375. The van der Waals surface area contributed by atoms with Gasteiger partial charge in [0.05, 0.1) is 6.33 Å². The van der Waals surface area contributed by atoms with Crippen LogP contribution in [0.15, 0.2) is 15.9 Å². The molecule has 0 N–H and O–H groups in total. The Balaban J connectivity index is 0.00000112. The summed E-state index contributed by atoms with van der Waals surface area (Å²) in [6, 6.07) is 0. The number of fused-ring (bicyclic) bond motifs is 1. The topological polar surface area (TPSA) is 61.8 Å². The second kappa shape index (κ2) is 4.97. The normalized spacial score (nSPS) is 9.69. The number of hydrogen-bond acceptors (Lipinski definition) is 3. The summed E-state index contributed by atoms with van der Waals surface area (Å²) in [5.41, 5.74) is 0.180. The summed E-state index contributed by atoms with van der Waals surface area (Å²) in [5.74, 6) is 0. The van der Waals surface area contributed by atoms with Crippen LogP contribution in [0.5, 0.6) is 0 Å². The van der Waals surface area contributed by atoms with E-state index in [0.29, 0.717) is 11.2 Å². The number of aromatic nitrogens is 4. The van der Waals surface area contributed by atoms with Crippen molar-refractivity contribution in [2.45, 2.75) is 0 Å². The van der Waals surface area contributed by atoms with E-state index in [1.165, 1.54) is 17.9 Å². The molecule has 0 unspecified atom stereocenters. The maximum Gasteiger partial charge on any atom is 0.332 e. The maximum absolute atomic E-state index is 11.7. The molecule has 0 radical (unpaired) electrons. The Hall–Kier alpha value is -0.872. The Morgan fingerprint density at radius 1 is 1.12 bits per heavy atom. The van der Waals surface area contributed by atoms with Gasteiger partial charge in [-0.05, 0) is 0 Å². The smallest absolute Gasteiger partial charge is 0.328 e. The Morgan fingerprint density at radius 2 is 1.69 bits per heavy atom. The molecule has 0 aliphatic rings. The predicted octanol–water partition coefficient (Wildman–Crippen LogP) is -0.610. The van der Waals surface area contributed by atoms with Crippen LogP contribution in [-0.2, 0) is 42.2 Å². The van der Waals surface area contributed by atoms with Gasteiger partial charge in [0.15, 0.2) is 11.2 Å². The summed E-state index contributed by atoms with van der Waals surface area (Å²) in [5, 5.41) is 0. The van der Waals surface area contributed by atoms with E-state index in [-0.39, 0.29) is 44.7 Å². The summed E-state index contributed by atoms with van der Waals surface area (Å²) >= 11 is 0. The minimum absolute atomic E-state index is 0. The van der Waals surface area contributed by atoms with E-state index in [4.69, 9.17) is 0 Å². The number of rotatable bonds is 0. The molecule has 92 valence electrons. The summed E-state index contributed by atoms with van der Waals surface area (Å²) in [6.07, 6.45) is 1.52. The fourth-order valence-corrected chi connectivity index (χ4v) is 1.47. The van der Waals surface area contributed by atoms with Gasteiger partial charge in [-0.1, -0.05) is 0 Å². The largest absolute Gasteiger partial charge is 0.332 e. The molecule has 0 saturated carbocycles. The molecule has 0 atom stereocenters. The average Bonchev–Trinajstić information content (AvgIpc) is 2.54. The summed E-state index contributed by atoms with van der Waals surface area (Å²) in [6.45, 7) is 0. The van der Waals surface area contributed by atoms with Gasteiger partial charge in [0.25, 0.3) is 5.56 Å². The van der Waals surface area contributed by atoms with E-state index in [1.807, 2.05) is 0 Å². The molecule has 0 aromatic carbocycles. The van der Waals surface area contributed by atoms with Crippen LogP contribution >= 0.6 is 12.4 Å². The average molecular weight is 426 g/mol. The van der Waals surface area contributed by atoms with Crippen molar-refractivity contribution in [1.82, 2.24) is 18.7 Å². The Morgan fingerprint density at radius 3 is 2.25 bits per heavy atom. The first-order valence-electron chi connectivity index (χ1n) is 4.11. The Kier molecular flexibility index (Phi) is 4.70. The molecular weight excluding hydrogens is 415 g/mol. The van der Waals surface area contributed by atoms with Gasteiger partial charge in [-0.15, -0.1) is 12.4 Å². The molecule has 0 fully saturated rings. The van der Waals surface area contributed by atoms with Gasteiger partial charge in [0.2, 0.25) is 0 Å². The number of halogens is 1. The molecule has 0 amide bonds. The SMILES string of the molecule is Cl.Cn1c(=O)c2c(ncn2C)n(C)c1=O.[Pt]. The monoisotopic (exact) mass is 425 g/mol. The predicted molar refractivity (Wildman–Crippen MR) is 58.4 cm³/mol. The number of imidazole rings is 1. The van der Waals surface area contributed by atoms with Gasteiger partial charge < -0.3 is 4.57 Å². The van der Waals surface area contributed by atoms with E-state index in [9.17, 15) is 9.59 Å². The van der Waals surface area contributed by atoms with E-state index in [1.54, 1.807) is 18.7 Å². The first kappa shape index (κ1) is 15.1. The standard InChI is InChI=1S/C8H10N4O2.ClH.Pt/c1-10-4-9-6-5(10)7(13)12(3)8(14)11(6)2;;/h4H,1-3H3;1H;. The second-order valence-corrected chi connectivity index (χ2v) is 3.23. The van der Waals surface area contributed by atoms with Crippen LogP contribution in [0.4, 0.5) is 0 Å². The van der Waals surface area contributed by atoms with Gasteiger partial charge in [-0.2, -0.15) is 0 Å². The van der Waals surface area contributed by atoms with Gasteiger partial charge in [-0.25, -0.2) is 9.78 Å². The molecule has 0 spiro atoms. The zero-order chi connectivity index (χ0) is 10.5. The summed E-state index contributed by atoms with van der Waals surface area (Å²) < 4.78 is 4.04. The first-order chi connectivity index (χ1) is 6.54. The van der Waals surface area contributed by atoms with Crippen LogP contribution in [0.1, 0.15) is 0 Å². The number of hydrogen-bond donors (Lipinski definition) is 0. The number of aryl methyl sites for hydroxylation is 2. The molecule has 8 heteroatoms. The zero-order valence-corrected chi connectivity index (χ0v) is 12.0. The van der Waals surface area contributed by atoms with Gasteiger partial charge in [-0.3, -0.25) is 13.9 Å². The Labute approximate surface area is 112 Å². The van der Waals surface area contributed by atoms with Gasteiger partial charge >= 0.3 is 5.69 Å². The van der Waals surface area contributed by atoms with Crippen LogP contribution in [-0.4, -0.2) is 18.7 Å². The van der Waals surface area contributed by atoms with Crippen LogP contribution < -0.4 is 11.2 Å². The summed E-state index contributed by atoms with van der Waals surface area (Å²) in [4.78, 5) is 27.2. The van der Waals surface area contributed by atoms with E-state index < -0.39 is 0 Å². The minimum atomic E-state index is -0.360. The van der Waals surface area contributed by atoms with E-state index >= 15 is 0 Å². The quantitative estimate of drug-likeness (QED) is 0.566. The molecule has 0 aliphatic heterocycles. The zero-order valence-electron chi connectivity index (χ0n) is 8.91. The summed E-state index contributed by atoms with van der Waals surface area (Å²) in [7, 11) is 4.77. The first-order valence-corrected chi connectivity index (χ1v) is 4.11. The molecule has 2 aromatic heterocycles. The van der Waals surface area contributed by atoms with Crippen molar-refractivity contribution in [3.05, 3.63) is 27.2 Å². The third-order valence-corrected chi connectivity index (χ3v) is 2.32.